The standard InChI is InChI=1S/C20H18N4O2S/c1-3-26-15-8-6-14(7-9-15)24-22-17-11-13(2)16(12-18(17)23-24)21-20(25)19-5-4-10-27-19/h4-12H,3H2,1-2H3,(H,21,25). The summed E-state index contributed by atoms with van der Waals surface area (Å²) in [6.45, 7) is 4.52. The van der Waals surface area contributed by atoms with Gasteiger partial charge in [-0.25, -0.2) is 0 Å². The predicted molar refractivity (Wildman–Crippen MR) is 107 cm³/mol. The average Bonchev–Trinajstić information content (AvgIpc) is 3.32. The fraction of sp³-hybridized carbons (Fsp3) is 0.150. The molecule has 0 bridgehead atoms. The summed E-state index contributed by atoms with van der Waals surface area (Å²) in [7, 11) is 0. The van der Waals surface area contributed by atoms with Crippen LogP contribution in [0.2, 0.25) is 0 Å². The number of rotatable bonds is 5. The van der Waals surface area contributed by atoms with E-state index in [1.165, 1.54) is 11.3 Å². The van der Waals surface area contributed by atoms with Crippen LogP contribution >= 0.6 is 11.3 Å². The van der Waals surface area contributed by atoms with Gasteiger partial charge in [0, 0.05) is 5.69 Å². The monoisotopic (exact) mass is 378 g/mol. The molecule has 4 aromatic rings. The van der Waals surface area contributed by atoms with Crippen molar-refractivity contribution < 1.29 is 9.53 Å². The van der Waals surface area contributed by atoms with Gasteiger partial charge in [0.15, 0.2) is 0 Å². The summed E-state index contributed by atoms with van der Waals surface area (Å²) >= 11 is 1.41. The number of benzene rings is 2. The van der Waals surface area contributed by atoms with Crippen molar-refractivity contribution in [3.63, 3.8) is 0 Å². The van der Waals surface area contributed by atoms with Crippen LogP contribution in [0.25, 0.3) is 16.7 Å². The van der Waals surface area contributed by atoms with Crippen LogP contribution < -0.4 is 10.1 Å². The number of thiophene rings is 1. The number of fused-ring (bicyclic) bond motifs is 1. The highest BCUT2D eigenvalue weighted by Gasteiger charge is 2.12. The summed E-state index contributed by atoms with van der Waals surface area (Å²) in [5.41, 5.74) is 4.01. The van der Waals surface area contributed by atoms with E-state index in [0.29, 0.717) is 11.5 Å². The first-order valence-electron chi connectivity index (χ1n) is 8.60. The Morgan fingerprint density at radius 2 is 1.89 bits per heavy atom. The maximum absolute atomic E-state index is 12.3. The normalized spacial score (nSPS) is 10.9. The Kier molecular flexibility index (Phi) is 4.60. The Labute approximate surface area is 160 Å². The van der Waals surface area contributed by atoms with Gasteiger partial charge in [-0.3, -0.25) is 4.79 Å². The van der Waals surface area contributed by atoms with Crippen molar-refractivity contribution in [2.45, 2.75) is 13.8 Å². The van der Waals surface area contributed by atoms with Gasteiger partial charge in [0.1, 0.15) is 16.8 Å². The second-order valence-corrected chi connectivity index (χ2v) is 6.95. The highest BCUT2D eigenvalue weighted by atomic mass is 32.1. The number of nitrogens with one attached hydrogen (secondary N) is 1. The molecule has 0 saturated heterocycles. The molecule has 0 saturated carbocycles. The molecule has 7 heteroatoms. The molecule has 0 aliphatic heterocycles. The predicted octanol–water partition coefficient (Wildman–Crippen LogP) is 4.44. The largest absolute Gasteiger partial charge is 0.494 e. The van der Waals surface area contributed by atoms with E-state index in [1.54, 1.807) is 10.9 Å². The molecule has 136 valence electrons. The van der Waals surface area contributed by atoms with Crippen molar-refractivity contribution in [3.05, 3.63) is 64.4 Å². The Hall–Kier alpha value is -3.19. The molecule has 1 N–H and O–H groups in total. The third kappa shape index (κ3) is 3.54. The van der Waals surface area contributed by atoms with Gasteiger partial charge < -0.3 is 10.1 Å². The summed E-state index contributed by atoms with van der Waals surface area (Å²) < 4.78 is 5.47. The van der Waals surface area contributed by atoms with Crippen LogP contribution in [-0.4, -0.2) is 27.5 Å². The number of amides is 1. The quantitative estimate of drug-likeness (QED) is 0.557. The summed E-state index contributed by atoms with van der Waals surface area (Å²) in [5.74, 6) is 0.693. The molecule has 27 heavy (non-hydrogen) atoms. The molecule has 4 rings (SSSR count). The smallest absolute Gasteiger partial charge is 0.265 e. The lowest BCUT2D eigenvalue weighted by Gasteiger charge is -2.06. The van der Waals surface area contributed by atoms with E-state index in [1.807, 2.05) is 61.7 Å². The van der Waals surface area contributed by atoms with Crippen molar-refractivity contribution >= 4 is 34.0 Å². The second-order valence-electron chi connectivity index (χ2n) is 6.00. The zero-order valence-corrected chi connectivity index (χ0v) is 15.8. The number of carbonyl (C=O) groups is 1. The van der Waals surface area contributed by atoms with Crippen LogP contribution in [0.1, 0.15) is 22.2 Å². The Morgan fingerprint density at radius 1 is 1.15 bits per heavy atom. The SMILES string of the molecule is CCOc1ccc(-n2nc3cc(C)c(NC(=O)c4cccs4)cc3n2)cc1. The lowest BCUT2D eigenvalue weighted by molar-refractivity contribution is 0.103. The molecule has 0 atom stereocenters. The minimum atomic E-state index is -0.119. The average molecular weight is 378 g/mol. The van der Waals surface area contributed by atoms with E-state index in [-0.39, 0.29) is 5.91 Å². The number of nitrogens with zero attached hydrogens (tertiary/aromatic N) is 3. The number of carbonyl (C=O) groups excluding carboxylic acids is 1. The van der Waals surface area contributed by atoms with Crippen molar-refractivity contribution in [1.82, 2.24) is 15.0 Å². The molecule has 0 fully saturated rings. The molecule has 2 heterocycles. The number of ether oxygens (including phenoxy) is 1. The Balaban J connectivity index is 1.63. The van der Waals surface area contributed by atoms with Gasteiger partial charge in [-0.1, -0.05) is 6.07 Å². The number of aromatic nitrogens is 3. The third-order valence-electron chi connectivity index (χ3n) is 4.10. The van der Waals surface area contributed by atoms with Crippen LogP contribution in [0.5, 0.6) is 5.75 Å². The minimum absolute atomic E-state index is 0.119. The van der Waals surface area contributed by atoms with Crippen molar-refractivity contribution in [2.75, 3.05) is 11.9 Å². The number of hydrogen-bond donors (Lipinski definition) is 1. The van der Waals surface area contributed by atoms with Gasteiger partial charge in [0.25, 0.3) is 5.91 Å². The van der Waals surface area contributed by atoms with Crippen LogP contribution in [0.3, 0.4) is 0 Å². The maximum atomic E-state index is 12.3. The zero-order chi connectivity index (χ0) is 18.8. The van der Waals surface area contributed by atoms with Gasteiger partial charge in [-0.05, 0) is 67.3 Å². The van der Waals surface area contributed by atoms with Crippen molar-refractivity contribution in [1.29, 1.82) is 0 Å². The van der Waals surface area contributed by atoms with Gasteiger partial charge in [0.2, 0.25) is 0 Å². The lowest BCUT2D eigenvalue weighted by Crippen LogP contribution is -2.11. The molecule has 0 aliphatic rings. The van der Waals surface area contributed by atoms with Gasteiger partial charge >= 0.3 is 0 Å². The first kappa shape index (κ1) is 17.2. The summed E-state index contributed by atoms with van der Waals surface area (Å²) in [6, 6.07) is 15.1. The van der Waals surface area contributed by atoms with E-state index in [4.69, 9.17) is 4.74 Å². The summed E-state index contributed by atoms with van der Waals surface area (Å²) in [4.78, 5) is 14.6. The fourth-order valence-corrected chi connectivity index (χ4v) is 3.37. The zero-order valence-electron chi connectivity index (χ0n) is 15.0. The molecule has 0 radical (unpaired) electrons. The summed E-state index contributed by atoms with van der Waals surface area (Å²) in [6.07, 6.45) is 0. The first-order chi connectivity index (χ1) is 13.1. The van der Waals surface area contributed by atoms with Gasteiger partial charge in [0.05, 0.1) is 17.2 Å². The van der Waals surface area contributed by atoms with Crippen molar-refractivity contribution in [2.24, 2.45) is 0 Å². The van der Waals surface area contributed by atoms with E-state index in [0.717, 1.165) is 33.7 Å². The molecular formula is C20H18N4O2S. The highest BCUT2D eigenvalue weighted by molar-refractivity contribution is 7.12. The van der Waals surface area contributed by atoms with E-state index in [2.05, 4.69) is 15.5 Å². The molecule has 0 aliphatic carbocycles. The minimum Gasteiger partial charge on any atom is -0.494 e. The van der Waals surface area contributed by atoms with Crippen LogP contribution in [0, 0.1) is 6.92 Å². The topological polar surface area (TPSA) is 69.0 Å². The lowest BCUT2D eigenvalue weighted by atomic mass is 10.1. The van der Waals surface area contributed by atoms with E-state index < -0.39 is 0 Å². The van der Waals surface area contributed by atoms with Crippen LogP contribution in [0.15, 0.2) is 53.9 Å². The van der Waals surface area contributed by atoms with Crippen molar-refractivity contribution in [3.8, 4) is 11.4 Å². The number of aryl methyl sites for hydroxylation is 1. The van der Waals surface area contributed by atoms with E-state index >= 15 is 0 Å². The van der Waals surface area contributed by atoms with Gasteiger partial charge in [-0.2, -0.15) is 4.80 Å². The molecular weight excluding hydrogens is 360 g/mol. The van der Waals surface area contributed by atoms with Crippen LogP contribution in [0.4, 0.5) is 5.69 Å². The molecule has 6 nitrogen and oxygen atoms in total. The summed E-state index contributed by atoms with van der Waals surface area (Å²) in [5, 5.41) is 13.9. The second kappa shape index (κ2) is 7.20. The molecule has 2 aromatic carbocycles. The highest BCUT2D eigenvalue weighted by Crippen LogP contribution is 2.24. The fourth-order valence-electron chi connectivity index (χ4n) is 2.75. The Morgan fingerprint density at radius 3 is 2.56 bits per heavy atom. The van der Waals surface area contributed by atoms with Crippen LogP contribution in [-0.2, 0) is 0 Å². The maximum Gasteiger partial charge on any atom is 0.265 e. The number of hydrogen-bond acceptors (Lipinski definition) is 5. The molecule has 0 unspecified atom stereocenters. The number of anilines is 1. The first-order valence-corrected chi connectivity index (χ1v) is 9.48. The molecule has 0 spiro atoms. The third-order valence-corrected chi connectivity index (χ3v) is 4.97. The van der Waals surface area contributed by atoms with Gasteiger partial charge in [-0.15, -0.1) is 21.5 Å². The Bertz CT molecular complexity index is 1090. The van der Waals surface area contributed by atoms with E-state index in [9.17, 15) is 4.79 Å². The molecule has 2 aromatic heterocycles. The molecule has 1 amide bonds.